The number of hydrogen-bond acceptors (Lipinski definition) is 1. The van der Waals surface area contributed by atoms with Crippen molar-refractivity contribution in [1.29, 1.82) is 0 Å². The van der Waals surface area contributed by atoms with Crippen LogP contribution in [0.25, 0.3) is 10.8 Å². The molecule has 2 nitrogen and oxygen atoms in total. The van der Waals surface area contributed by atoms with E-state index in [1.807, 2.05) is 24.3 Å². The summed E-state index contributed by atoms with van der Waals surface area (Å²) in [5, 5.41) is 5.34. The first-order chi connectivity index (χ1) is 11.6. The van der Waals surface area contributed by atoms with E-state index in [0.29, 0.717) is 18.9 Å². The van der Waals surface area contributed by atoms with Gasteiger partial charge in [0, 0.05) is 6.54 Å². The van der Waals surface area contributed by atoms with Crippen molar-refractivity contribution in [2.24, 2.45) is 0 Å². The van der Waals surface area contributed by atoms with Crippen molar-refractivity contribution < 1.29 is 4.79 Å². The molecule has 122 valence electrons. The van der Waals surface area contributed by atoms with Crippen LogP contribution in [0.4, 0.5) is 0 Å². The van der Waals surface area contributed by atoms with Gasteiger partial charge in [-0.2, -0.15) is 0 Å². The Morgan fingerprint density at radius 2 is 1.62 bits per heavy atom. The Balaban J connectivity index is 1.63. The molecule has 3 aromatic rings. The third kappa shape index (κ3) is 3.83. The first kappa shape index (κ1) is 16.3. The molecule has 3 aromatic carbocycles. The zero-order chi connectivity index (χ0) is 16.9. The maximum Gasteiger partial charge on any atom is 0.224 e. The Morgan fingerprint density at radius 3 is 2.38 bits per heavy atom. The highest BCUT2D eigenvalue weighted by atomic mass is 16.1. The minimum atomic E-state index is 0.0549. The highest BCUT2D eigenvalue weighted by molar-refractivity contribution is 5.90. The van der Waals surface area contributed by atoms with Crippen molar-refractivity contribution in [2.45, 2.75) is 32.7 Å². The normalized spacial score (nSPS) is 11.0. The summed E-state index contributed by atoms with van der Waals surface area (Å²) >= 11 is 0. The quantitative estimate of drug-likeness (QED) is 0.718. The van der Waals surface area contributed by atoms with Crippen molar-refractivity contribution in [3.63, 3.8) is 0 Å². The number of carbonyl (C=O) groups excluding carboxylic acids is 1. The summed E-state index contributed by atoms with van der Waals surface area (Å²) in [5.74, 6) is 0.583. The fourth-order valence-corrected chi connectivity index (χ4v) is 2.90. The smallest absolute Gasteiger partial charge is 0.224 e. The van der Waals surface area contributed by atoms with Gasteiger partial charge in [-0.15, -0.1) is 0 Å². The average Bonchev–Trinajstić information content (AvgIpc) is 2.61. The van der Waals surface area contributed by atoms with E-state index in [1.165, 1.54) is 10.9 Å². The van der Waals surface area contributed by atoms with Crippen molar-refractivity contribution in [1.82, 2.24) is 5.32 Å². The molecule has 0 atom stereocenters. The number of fused-ring (bicyclic) bond motifs is 1. The number of amides is 1. The summed E-state index contributed by atoms with van der Waals surface area (Å²) in [6.45, 7) is 4.93. The Kier molecular flexibility index (Phi) is 4.95. The number of benzene rings is 3. The van der Waals surface area contributed by atoms with Crippen molar-refractivity contribution in [3.05, 3.63) is 83.4 Å². The SMILES string of the molecule is CC(C)c1ccc(CNC(=O)Cc2cccc3ccccc23)cc1. The number of rotatable bonds is 5. The second-order valence-corrected chi connectivity index (χ2v) is 6.49. The van der Waals surface area contributed by atoms with Crippen LogP contribution >= 0.6 is 0 Å². The molecule has 0 aliphatic carbocycles. The zero-order valence-electron chi connectivity index (χ0n) is 14.3. The standard InChI is InChI=1S/C22H23NO/c1-16(2)18-12-10-17(11-13-18)15-23-22(24)14-20-8-5-7-19-6-3-4-9-21(19)20/h3-13,16H,14-15H2,1-2H3,(H,23,24). The molecular formula is C22H23NO. The molecule has 3 rings (SSSR count). The lowest BCUT2D eigenvalue weighted by Gasteiger charge is -2.09. The van der Waals surface area contributed by atoms with E-state index in [1.54, 1.807) is 0 Å². The van der Waals surface area contributed by atoms with Gasteiger partial charge in [0.25, 0.3) is 0 Å². The topological polar surface area (TPSA) is 29.1 Å². The van der Waals surface area contributed by atoms with Gasteiger partial charge >= 0.3 is 0 Å². The van der Waals surface area contributed by atoms with Crippen LogP contribution in [0.5, 0.6) is 0 Å². The minimum absolute atomic E-state index is 0.0549. The van der Waals surface area contributed by atoms with Crippen molar-refractivity contribution in [3.8, 4) is 0 Å². The van der Waals surface area contributed by atoms with Crippen molar-refractivity contribution >= 4 is 16.7 Å². The fourth-order valence-electron chi connectivity index (χ4n) is 2.90. The zero-order valence-corrected chi connectivity index (χ0v) is 14.3. The second-order valence-electron chi connectivity index (χ2n) is 6.49. The lowest BCUT2D eigenvalue weighted by molar-refractivity contribution is -0.120. The summed E-state index contributed by atoms with van der Waals surface area (Å²) in [4.78, 5) is 12.3. The lowest BCUT2D eigenvalue weighted by Crippen LogP contribution is -2.24. The molecule has 2 heteroatoms. The molecule has 0 heterocycles. The molecular weight excluding hydrogens is 294 g/mol. The third-order valence-electron chi connectivity index (χ3n) is 4.37. The molecule has 0 saturated heterocycles. The van der Waals surface area contributed by atoms with Gasteiger partial charge < -0.3 is 5.32 Å². The van der Waals surface area contributed by atoms with Crippen molar-refractivity contribution in [2.75, 3.05) is 0 Å². The minimum Gasteiger partial charge on any atom is -0.352 e. The third-order valence-corrected chi connectivity index (χ3v) is 4.37. The summed E-state index contributed by atoms with van der Waals surface area (Å²) in [6, 6.07) is 22.7. The van der Waals surface area contributed by atoms with E-state index >= 15 is 0 Å². The largest absolute Gasteiger partial charge is 0.352 e. The molecule has 24 heavy (non-hydrogen) atoms. The van der Waals surface area contributed by atoms with Gasteiger partial charge in [-0.1, -0.05) is 80.6 Å². The van der Waals surface area contributed by atoms with Gasteiger partial charge in [0.05, 0.1) is 6.42 Å². The molecule has 0 bridgehead atoms. The van der Waals surface area contributed by atoms with E-state index < -0.39 is 0 Å². The number of carbonyl (C=O) groups is 1. The molecule has 0 unspecified atom stereocenters. The molecule has 0 radical (unpaired) electrons. The highest BCUT2D eigenvalue weighted by Gasteiger charge is 2.07. The molecule has 0 aliphatic heterocycles. The van der Waals surface area contributed by atoms with Gasteiger partial charge in [-0.05, 0) is 33.4 Å². The summed E-state index contributed by atoms with van der Waals surface area (Å²) in [5.41, 5.74) is 3.52. The number of hydrogen-bond donors (Lipinski definition) is 1. The predicted octanol–water partition coefficient (Wildman–Crippen LogP) is 4.82. The monoisotopic (exact) mass is 317 g/mol. The lowest BCUT2D eigenvalue weighted by atomic mass is 10.0. The maximum absolute atomic E-state index is 12.3. The summed E-state index contributed by atoms with van der Waals surface area (Å²) < 4.78 is 0. The van der Waals surface area contributed by atoms with Gasteiger partial charge in [-0.25, -0.2) is 0 Å². The van der Waals surface area contributed by atoms with Gasteiger partial charge in [0.15, 0.2) is 0 Å². The first-order valence-electron chi connectivity index (χ1n) is 8.45. The van der Waals surface area contributed by atoms with E-state index in [2.05, 4.69) is 61.6 Å². The first-order valence-corrected chi connectivity index (χ1v) is 8.45. The van der Waals surface area contributed by atoms with Gasteiger partial charge in [0.2, 0.25) is 5.91 Å². The van der Waals surface area contributed by atoms with Gasteiger partial charge in [-0.3, -0.25) is 4.79 Å². The molecule has 0 saturated carbocycles. The maximum atomic E-state index is 12.3. The van der Waals surface area contributed by atoms with E-state index in [4.69, 9.17) is 0 Å². The van der Waals surface area contributed by atoms with Gasteiger partial charge in [0.1, 0.15) is 0 Å². The Bertz CT molecular complexity index is 829. The highest BCUT2D eigenvalue weighted by Crippen LogP contribution is 2.19. The average molecular weight is 317 g/mol. The molecule has 1 N–H and O–H groups in total. The second kappa shape index (κ2) is 7.31. The van der Waals surface area contributed by atoms with Crippen LogP contribution in [0, 0.1) is 0 Å². The molecule has 0 spiro atoms. The van der Waals surface area contributed by atoms with E-state index in [0.717, 1.165) is 16.5 Å². The van der Waals surface area contributed by atoms with Crippen LogP contribution in [-0.2, 0) is 17.8 Å². The van der Waals surface area contributed by atoms with Crippen LogP contribution in [0.1, 0.15) is 36.5 Å². The van der Waals surface area contributed by atoms with Crippen LogP contribution in [0.15, 0.2) is 66.7 Å². The van der Waals surface area contributed by atoms with E-state index in [-0.39, 0.29) is 5.91 Å². The van der Waals surface area contributed by atoms with Crippen LogP contribution in [0.2, 0.25) is 0 Å². The molecule has 0 fully saturated rings. The number of nitrogens with one attached hydrogen (secondary N) is 1. The van der Waals surface area contributed by atoms with Crippen LogP contribution in [0.3, 0.4) is 0 Å². The molecule has 0 aliphatic rings. The summed E-state index contributed by atoms with van der Waals surface area (Å²) in [7, 11) is 0. The Hall–Kier alpha value is -2.61. The van der Waals surface area contributed by atoms with Crippen LogP contribution < -0.4 is 5.32 Å². The molecule has 1 amide bonds. The Morgan fingerprint density at radius 1 is 0.917 bits per heavy atom. The predicted molar refractivity (Wildman–Crippen MR) is 100 cm³/mol. The van der Waals surface area contributed by atoms with E-state index in [9.17, 15) is 4.79 Å². The Labute approximate surface area is 143 Å². The fraction of sp³-hybridized carbons (Fsp3) is 0.227. The summed E-state index contributed by atoms with van der Waals surface area (Å²) in [6.07, 6.45) is 0.408. The van der Waals surface area contributed by atoms with Crippen LogP contribution in [-0.4, -0.2) is 5.91 Å². The molecule has 0 aromatic heterocycles.